The molecule has 2 aliphatic rings. The fourth-order valence-electron chi connectivity index (χ4n) is 3.97. The summed E-state index contributed by atoms with van der Waals surface area (Å²) < 4.78 is 9.69. The number of carbonyl (C=O) groups excluding carboxylic acids is 4. The van der Waals surface area contributed by atoms with Gasteiger partial charge in [-0.2, -0.15) is 0 Å². The highest BCUT2D eigenvalue weighted by Gasteiger charge is 2.37. The van der Waals surface area contributed by atoms with E-state index in [2.05, 4.69) is 0 Å². The number of ether oxygens (including phenoxy) is 2. The van der Waals surface area contributed by atoms with Crippen molar-refractivity contribution in [2.75, 3.05) is 0 Å². The van der Waals surface area contributed by atoms with Gasteiger partial charge < -0.3 is 19.7 Å². The lowest BCUT2D eigenvalue weighted by Crippen LogP contribution is -2.33. The molecule has 0 fully saturated rings. The predicted molar refractivity (Wildman–Crippen MR) is 113 cm³/mol. The monoisotopic (exact) mass is 470 g/mol. The number of benzene rings is 1. The minimum atomic E-state index is -1.21. The minimum Gasteiger partial charge on any atom is -0.481 e. The molecule has 178 valence electrons. The summed E-state index contributed by atoms with van der Waals surface area (Å²) in [5, 5.41) is 18.6. The Hall–Kier alpha value is -4.08. The fraction of sp³-hybridized carbons (Fsp3) is 0.333. The van der Waals surface area contributed by atoms with Crippen LogP contribution in [0.25, 0.3) is 0 Å². The van der Waals surface area contributed by atoms with E-state index in [1.807, 2.05) is 0 Å². The van der Waals surface area contributed by atoms with Gasteiger partial charge in [-0.1, -0.05) is 36.4 Å². The first-order valence-electron chi connectivity index (χ1n) is 10.6. The third kappa shape index (κ3) is 5.45. The number of carbonyl (C=O) groups is 6. The molecule has 0 radical (unpaired) electrons. The molecule has 0 bridgehead atoms. The summed E-state index contributed by atoms with van der Waals surface area (Å²) in [6.07, 6.45) is 7.33. The van der Waals surface area contributed by atoms with E-state index in [-0.39, 0.29) is 24.0 Å². The van der Waals surface area contributed by atoms with Gasteiger partial charge in [0.05, 0.1) is 34.8 Å². The van der Waals surface area contributed by atoms with Crippen LogP contribution in [0.2, 0.25) is 0 Å². The maximum absolute atomic E-state index is 12.6. The molecule has 10 heteroatoms. The molecule has 0 saturated carbocycles. The summed E-state index contributed by atoms with van der Waals surface area (Å²) in [6, 6.07) is 5.15. The predicted octanol–water partition coefficient (Wildman–Crippen LogP) is 2.39. The van der Waals surface area contributed by atoms with E-state index in [0.29, 0.717) is 12.8 Å². The van der Waals surface area contributed by atoms with E-state index in [0.717, 1.165) is 0 Å². The molecule has 0 aromatic heterocycles. The van der Waals surface area contributed by atoms with E-state index in [4.69, 9.17) is 9.47 Å². The maximum Gasteiger partial charge on any atom is 0.346 e. The number of esters is 4. The van der Waals surface area contributed by atoms with Crippen molar-refractivity contribution in [3.8, 4) is 0 Å². The minimum absolute atomic E-state index is 0.206. The van der Waals surface area contributed by atoms with Crippen molar-refractivity contribution < 1.29 is 48.5 Å². The van der Waals surface area contributed by atoms with Crippen LogP contribution >= 0.6 is 0 Å². The average Bonchev–Trinajstić information content (AvgIpc) is 2.83. The van der Waals surface area contributed by atoms with Crippen molar-refractivity contribution in [3.05, 3.63) is 59.7 Å². The highest BCUT2D eigenvalue weighted by molar-refractivity contribution is 6.08. The SMILES string of the molecule is O=C(OC(=O)C1C=CCCC1C(=O)O)c1ccccc1C(=O)OC(=O)C1C=CCCC1C(=O)O. The molecule has 3 rings (SSSR count). The Bertz CT molecular complexity index is 998. The molecular weight excluding hydrogens is 448 g/mol. The molecule has 0 aliphatic heterocycles. The second-order valence-electron chi connectivity index (χ2n) is 7.91. The fourth-order valence-corrected chi connectivity index (χ4v) is 3.97. The number of allylic oxidation sites excluding steroid dienone is 2. The zero-order chi connectivity index (χ0) is 24.8. The van der Waals surface area contributed by atoms with Crippen LogP contribution < -0.4 is 0 Å². The van der Waals surface area contributed by atoms with Gasteiger partial charge in [-0.05, 0) is 37.8 Å². The Morgan fingerprint density at radius 1 is 0.676 bits per heavy atom. The Balaban J connectivity index is 1.74. The first kappa shape index (κ1) is 24.6. The Morgan fingerprint density at radius 2 is 1.06 bits per heavy atom. The van der Waals surface area contributed by atoms with Crippen molar-refractivity contribution in [1.82, 2.24) is 0 Å². The first-order chi connectivity index (χ1) is 16.2. The topological polar surface area (TPSA) is 161 Å². The van der Waals surface area contributed by atoms with Gasteiger partial charge in [0.25, 0.3) is 0 Å². The molecule has 2 aliphatic carbocycles. The molecule has 0 spiro atoms. The van der Waals surface area contributed by atoms with Gasteiger partial charge in [-0.15, -0.1) is 0 Å². The summed E-state index contributed by atoms with van der Waals surface area (Å²) in [7, 11) is 0. The van der Waals surface area contributed by atoms with Gasteiger partial charge in [0, 0.05) is 0 Å². The van der Waals surface area contributed by atoms with Crippen molar-refractivity contribution >= 4 is 35.8 Å². The summed E-state index contributed by atoms with van der Waals surface area (Å²) in [4.78, 5) is 73.0. The van der Waals surface area contributed by atoms with Crippen molar-refractivity contribution in [2.24, 2.45) is 23.7 Å². The molecule has 34 heavy (non-hydrogen) atoms. The Morgan fingerprint density at radius 3 is 1.41 bits per heavy atom. The second kappa shape index (κ2) is 10.7. The summed E-state index contributed by atoms with van der Waals surface area (Å²) in [6.45, 7) is 0. The first-order valence-corrected chi connectivity index (χ1v) is 10.6. The number of rotatable bonds is 6. The third-order valence-electron chi connectivity index (χ3n) is 5.77. The van der Waals surface area contributed by atoms with E-state index >= 15 is 0 Å². The molecule has 1 aromatic rings. The van der Waals surface area contributed by atoms with Gasteiger partial charge in [0.2, 0.25) is 0 Å². The van der Waals surface area contributed by atoms with Crippen LogP contribution in [0.1, 0.15) is 46.4 Å². The van der Waals surface area contributed by atoms with Gasteiger partial charge in [-0.25, -0.2) is 9.59 Å². The van der Waals surface area contributed by atoms with Crippen molar-refractivity contribution in [2.45, 2.75) is 25.7 Å². The summed E-state index contributed by atoms with van der Waals surface area (Å²) in [5.41, 5.74) is -0.733. The zero-order valence-electron chi connectivity index (χ0n) is 17.9. The maximum atomic E-state index is 12.6. The molecule has 4 unspecified atom stereocenters. The van der Waals surface area contributed by atoms with Crippen LogP contribution in [0, 0.1) is 23.7 Å². The summed E-state index contributed by atoms with van der Waals surface area (Å²) >= 11 is 0. The normalized spacial score (nSPS) is 23.5. The number of carboxylic acids is 2. The Labute approximate surface area is 193 Å². The van der Waals surface area contributed by atoms with Gasteiger partial charge in [0.15, 0.2) is 0 Å². The van der Waals surface area contributed by atoms with E-state index in [1.165, 1.54) is 36.4 Å². The standard InChI is InChI=1S/C24H22O10/c25-19(26)13-7-1-3-9-15(13)21(29)33-23(31)17-11-5-6-12-18(17)24(32)34-22(30)16-10-4-2-8-14(16)20(27)28/h3-6,9-16H,1-2,7-8H2,(H,25,26)(H,27,28). The number of hydrogen-bond acceptors (Lipinski definition) is 8. The van der Waals surface area contributed by atoms with Crippen molar-refractivity contribution in [1.29, 1.82) is 0 Å². The van der Waals surface area contributed by atoms with E-state index in [1.54, 1.807) is 12.2 Å². The molecule has 0 amide bonds. The molecule has 4 atom stereocenters. The number of hydrogen-bond donors (Lipinski definition) is 2. The number of carboxylic acid groups (broad SMARTS) is 2. The smallest absolute Gasteiger partial charge is 0.346 e. The van der Waals surface area contributed by atoms with Crippen LogP contribution in [-0.2, 0) is 28.7 Å². The molecule has 0 saturated heterocycles. The lowest BCUT2D eigenvalue weighted by molar-refractivity contribution is -0.152. The quantitative estimate of drug-likeness (QED) is 0.359. The van der Waals surface area contributed by atoms with Gasteiger partial charge in [0.1, 0.15) is 0 Å². The highest BCUT2D eigenvalue weighted by Crippen LogP contribution is 2.28. The largest absolute Gasteiger partial charge is 0.481 e. The molecule has 0 heterocycles. The van der Waals surface area contributed by atoms with Crippen LogP contribution in [0.15, 0.2) is 48.6 Å². The molecular formula is C24H22O10. The van der Waals surface area contributed by atoms with Crippen molar-refractivity contribution in [3.63, 3.8) is 0 Å². The molecule has 2 N–H and O–H groups in total. The number of aliphatic carboxylic acids is 2. The molecule has 10 nitrogen and oxygen atoms in total. The van der Waals surface area contributed by atoms with Crippen LogP contribution in [0.4, 0.5) is 0 Å². The van der Waals surface area contributed by atoms with Crippen LogP contribution in [0.3, 0.4) is 0 Å². The van der Waals surface area contributed by atoms with Crippen LogP contribution in [-0.4, -0.2) is 46.0 Å². The van der Waals surface area contributed by atoms with Gasteiger partial charge in [-0.3, -0.25) is 19.2 Å². The zero-order valence-corrected chi connectivity index (χ0v) is 17.9. The third-order valence-corrected chi connectivity index (χ3v) is 5.77. The second-order valence-corrected chi connectivity index (χ2v) is 7.91. The summed E-state index contributed by atoms with van der Waals surface area (Å²) in [5.74, 6) is -11.4. The molecule has 1 aromatic carbocycles. The lowest BCUT2D eigenvalue weighted by Gasteiger charge is -2.22. The van der Waals surface area contributed by atoms with E-state index < -0.39 is 59.5 Å². The average molecular weight is 470 g/mol. The van der Waals surface area contributed by atoms with E-state index in [9.17, 15) is 39.0 Å². The van der Waals surface area contributed by atoms with Crippen LogP contribution in [0.5, 0.6) is 0 Å². The Kier molecular flexibility index (Phi) is 7.72. The lowest BCUT2D eigenvalue weighted by atomic mass is 9.84. The van der Waals surface area contributed by atoms with Gasteiger partial charge >= 0.3 is 35.8 Å². The highest BCUT2D eigenvalue weighted by atomic mass is 16.6.